The van der Waals surface area contributed by atoms with Gasteiger partial charge in [-0.1, -0.05) is 60.7 Å². The monoisotopic (exact) mass is 295 g/mol. The molecule has 0 saturated carbocycles. The van der Waals surface area contributed by atoms with Crippen LogP contribution in [0.1, 0.15) is 18.9 Å². The van der Waals surface area contributed by atoms with Gasteiger partial charge in [-0.3, -0.25) is 4.90 Å². The van der Waals surface area contributed by atoms with E-state index in [0.717, 1.165) is 26.1 Å². The molecule has 3 atom stereocenters. The van der Waals surface area contributed by atoms with Gasteiger partial charge in [0.15, 0.2) is 0 Å². The van der Waals surface area contributed by atoms with Crippen molar-refractivity contribution < 1.29 is 5.11 Å². The first-order valence-corrected chi connectivity index (χ1v) is 8.21. The molecule has 2 aliphatic rings. The molecule has 2 unspecified atom stereocenters. The summed E-state index contributed by atoms with van der Waals surface area (Å²) in [5.74, 6) is 0.748. The van der Waals surface area contributed by atoms with Crippen LogP contribution in [0.5, 0.6) is 0 Å². The Morgan fingerprint density at radius 1 is 1.18 bits per heavy atom. The Morgan fingerprint density at radius 2 is 2.00 bits per heavy atom. The van der Waals surface area contributed by atoms with E-state index in [1.807, 2.05) is 6.92 Å². The number of aliphatic hydroxyl groups is 1. The van der Waals surface area contributed by atoms with Crippen molar-refractivity contribution in [1.29, 1.82) is 0 Å². The number of aliphatic hydroxyl groups excluding tert-OH is 1. The summed E-state index contributed by atoms with van der Waals surface area (Å²) in [4.78, 5) is 2.48. The molecule has 1 heterocycles. The van der Waals surface area contributed by atoms with Crippen molar-refractivity contribution in [2.75, 3.05) is 13.1 Å². The second kappa shape index (κ2) is 7.08. The quantitative estimate of drug-likeness (QED) is 0.918. The molecule has 0 spiro atoms. The lowest BCUT2D eigenvalue weighted by atomic mass is 9.85. The summed E-state index contributed by atoms with van der Waals surface area (Å²) >= 11 is 0. The highest BCUT2D eigenvalue weighted by molar-refractivity contribution is 5.30. The Hall–Kier alpha value is -1.64. The molecular weight excluding hydrogens is 270 g/mol. The molecule has 2 nitrogen and oxygen atoms in total. The van der Waals surface area contributed by atoms with E-state index < -0.39 is 0 Å². The van der Waals surface area contributed by atoms with Gasteiger partial charge in [0.2, 0.25) is 0 Å². The number of hydrogen-bond acceptors (Lipinski definition) is 2. The first-order chi connectivity index (χ1) is 10.7. The first kappa shape index (κ1) is 15.3. The molecule has 0 radical (unpaired) electrons. The van der Waals surface area contributed by atoms with Gasteiger partial charge in [-0.25, -0.2) is 0 Å². The van der Waals surface area contributed by atoms with E-state index in [9.17, 15) is 5.11 Å². The maximum absolute atomic E-state index is 10.2. The van der Waals surface area contributed by atoms with Gasteiger partial charge < -0.3 is 5.11 Å². The lowest BCUT2D eigenvalue weighted by Crippen LogP contribution is -2.26. The third kappa shape index (κ3) is 3.57. The zero-order valence-corrected chi connectivity index (χ0v) is 13.2. The summed E-state index contributed by atoms with van der Waals surface area (Å²) in [6.45, 7) is 4.90. The highest BCUT2D eigenvalue weighted by Crippen LogP contribution is 2.34. The zero-order valence-electron chi connectivity index (χ0n) is 13.2. The molecule has 1 saturated heterocycles. The van der Waals surface area contributed by atoms with E-state index in [1.165, 1.54) is 11.1 Å². The predicted octanol–water partition coefficient (Wildman–Crippen LogP) is 3.56. The summed E-state index contributed by atoms with van der Waals surface area (Å²) < 4.78 is 0. The van der Waals surface area contributed by atoms with Crippen molar-refractivity contribution >= 4 is 0 Å². The van der Waals surface area contributed by atoms with Crippen molar-refractivity contribution in [3.8, 4) is 0 Å². The fourth-order valence-electron chi connectivity index (χ4n) is 3.60. The average molecular weight is 295 g/mol. The fourth-order valence-corrected chi connectivity index (χ4v) is 3.60. The predicted molar refractivity (Wildman–Crippen MR) is 91.4 cm³/mol. The van der Waals surface area contributed by atoms with Crippen LogP contribution in [0.15, 0.2) is 66.3 Å². The van der Waals surface area contributed by atoms with Crippen molar-refractivity contribution in [3.63, 3.8) is 0 Å². The van der Waals surface area contributed by atoms with E-state index in [4.69, 9.17) is 0 Å². The molecule has 1 aliphatic heterocycles. The van der Waals surface area contributed by atoms with Gasteiger partial charge >= 0.3 is 0 Å². The molecule has 1 fully saturated rings. The van der Waals surface area contributed by atoms with E-state index >= 15 is 0 Å². The highest BCUT2D eigenvalue weighted by atomic mass is 16.3. The molecule has 0 aromatic heterocycles. The Bertz CT molecular complexity index is 571. The molecule has 1 aliphatic carbocycles. The van der Waals surface area contributed by atoms with E-state index in [2.05, 4.69) is 65.6 Å². The number of rotatable bonds is 4. The van der Waals surface area contributed by atoms with Crippen molar-refractivity contribution in [1.82, 2.24) is 4.90 Å². The maximum Gasteiger partial charge on any atom is 0.0558 e. The van der Waals surface area contributed by atoms with Crippen LogP contribution in [0.3, 0.4) is 0 Å². The van der Waals surface area contributed by atoms with Crippen LogP contribution in [0.25, 0.3) is 0 Å². The van der Waals surface area contributed by atoms with Gasteiger partial charge in [0.25, 0.3) is 0 Å². The summed E-state index contributed by atoms with van der Waals surface area (Å²) in [7, 11) is 0. The van der Waals surface area contributed by atoms with Gasteiger partial charge in [-0.15, -0.1) is 0 Å². The molecule has 22 heavy (non-hydrogen) atoms. The minimum atomic E-state index is -0.267. The Kier molecular flexibility index (Phi) is 4.91. The van der Waals surface area contributed by atoms with Crippen LogP contribution in [-0.4, -0.2) is 29.2 Å². The van der Waals surface area contributed by atoms with Crippen molar-refractivity contribution in [2.45, 2.75) is 26.0 Å². The first-order valence-electron chi connectivity index (χ1n) is 8.21. The third-order valence-corrected chi connectivity index (χ3v) is 4.76. The summed E-state index contributed by atoms with van der Waals surface area (Å²) in [5, 5.41) is 10.2. The van der Waals surface area contributed by atoms with E-state index in [-0.39, 0.29) is 6.10 Å². The van der Waals surface area contributed by atoms with Crippen LogP contribution in [-0.2, 0) is 6.54 Å². The second-order valence-corrected chi connectivity index (χ2v) is 6.42. The van der Waals surface area contributed by atoms with E-state index in [1.54, 1.807) is 0 Å². The van der Waals surface area contributed by atoms with Crippen molar-refractivity contribution in [3.05, 3.63) is 71.8 Å². The SMILES string of the molecule is C[C@H](O)C1CN(Cc2ccccc2)CC1C1=CCC=CC=C1. The largest absolute Gasteiger partial charge is 0.393 e. The molecule has 116 valence electrons. The molecule has 3 rings (SSSR count). The van der Waals surface area contributed by atoms with Gasteiger partial charge in [-0.2, -0.15) is 0 Å². The maximum atomic E-state index is 10.2. The summed E-state index contributed by atoms with van der Waals surface area (Å²) in [5.41, 5.74) is 2.73. The van der Waals surface area contributed by atoms with Gasteiger partial charge in [0, 0.05) is 31.5 Å². The lowest BCUT2D eigenvalue weighted by Gasteiger charge is -2.22. The molecule has 1 aromatic carbocycles. The van der Waals surface area contributed by atoms with Gasteiger partial charge in [-0.05, 0) is 24.5 Å². The van der Waals surface area contributed by atoms with Crippen LogP contribution in [0.4, 0.5) is 0 Å². The number of allylic oxidation sites excluding steroid dienone is 5. The topological polar surface area (TPSA) is 23.5 Å². The number of likely N-dealkylation sites (tertiary alicyclic amines) is 1. The minimum Gasteiger partial charge on any atom is -0.393 e. The fraction of sp³-hybridized carbons (Fsp3) is 0.400. The van der Waals surface area contributed by atoms with Crippen LogP contribution in [0, 0.1) is 11.8 Å². The van der Waals surface area contributed by atoms with E-state index in [0.29, 0.717) is 11.8 Å². The molecule has 2 heteroatoms. The van der Waals surface area contributed by atoms with Gasteiger partial charge in [0.1, 0.15) is 0 Å². The van der Waals surface area contributed by atoms with Gasteiger partial charge in [0.05, 0.1) is 6.10 Å². The standard InChI is InChI=1S/C20H25NO/c1-16(22)19-14-21(13-17-9-5-4-6-10-17)15-20(19)18-11-7-2-3-8-12-18/h2-7,9-12,16,19-20,22H,8,13-15H2,1H3/t16-,19?,20?/m0/s1. The van der Waals surface area contributed by atoms with Crippen molar-refractivity contribution in [2.24, 2.45) is 11.8 Å². The second-order valence-electron chi connectivity index (χ2n) is 6.42. The minimum absolute atomic E-state index is 0.267. The zero-order chi connectivity index (χ0) is 15.4. The molecular formula is C20H25NO. The highest BCUT2D eigenvalue weighted by Gasteiger charge is 2.36. The molecule has 0 bridgehead atoms. The molecule has 1 aromatic rings. The molecule has 0 amide bonds. The molecule has 1 N–H and O–H groups in total. The summed E-state index contributed by atoms with van der Waals surface area (Å²) in [6.07, 6.45) is 11.7. The van der Waals surface area contributed by atoms with Crippen LogP contribution < -0.4 is 0 Å². The number of benzene rings is 1. The Balaban J connectivity index is 1.74. The lowest BCUT2D eigenvalue weighted by molar-refractivity contribution is 0.114. The Morgan fingerprint density at radius 3 is 2.77 bits per heavy atom. The summed E-state index contributed by atoms with van der Waals surface area (Å²) in [6, 6.07) is 10.6. The Labute approximate surface area is 133 Å². The normalized spacial score (nSPS) is 26.7. The van der Waals surface area contributed by atoms with Crippen LogP contribution in [0.2, 0.25) is 0 Å². The third-order valence-electron chi connectivity index (χ3n) is 4.76. The average Bonchev–Trinajstić information content (AvgIpc) is 2.76. The smallest absolute Gasteiger partial charge is 0.0558 e. The van der Waals surface area contributed by atoms with Crippen LogP contribution >= 0.6 is 0 Å². The number of hydrogen-bond donors (Lipinski definition) is 1. The number of nitrogens with zero attached hydrogens (tertiary/aromatic N) is 1.